The Labute approximate surface area is 169 Å². The Morgan fingerprint density at radius 3 is 2.57 bits per heavy atom. The number of aliphatic hydroxyl groups is 1. The molecule has 0 radical (unpaired) electrons. The van der Waals surface area contributed by atoms with Gasteiger partial charge in [0.2, 0.25) is 0 Å². The molecule has 3 heterocycles. The highest BCUT2D eigenvalue weighted by Crippen LogP contribution is 2.39. The maximum atomic E-state index is 11.9. The Morgan fingerprint density at radius 1 is 0.964 bits per heavy atom. The van der Waals surface area contributed by atoms with E-state index >= 15 is 0 Å². The van der Waals surface area contributed by atoms with E-state index in [2.05, 4.69) is 9.48 Å². The number of rotatable bonds is 2. The van der Waals surface area contributed by atoms with Crippen LogP contribution in [0.4, 0.5) is 5.69 Å². The number of β-amino-alcohol motifs (C(OH)–C–C–N with tert-alkyl or cyclic N) is 1. The van der Waals surface area contributed by atoms with Crippen molar-refractivity contribution in [2.75, 3.05) is 31.2 Å². The molecule has 0 unspecified atom stereocenters. The van der Waals surface area contributed by atoms with Gasteiger partial charge in [0.15, 0.2) is 18.0 Å². The van der Waals surface area contributed by atoms with Crippen molar-refractivity contribution >= 4 is 23.1 Å². The van der Waals surface area contributed by atoms with E-state index in [-0.39, 0.29) is 0 Å². The molecule has 28 heavy (non-hydrogen) atoms. The van der Waals surface area contributed by atoms with E-state index in [4.69, 9.17) is 21.1 Å². The van der Waals surface area contributed by atoms with Crippen molar-refractivity contribution in [1.82, 2.24) is 0 Å². The number of hydrogen-bond donors (Lipinski definition) is 1. The molecule has 0 amide bonds. The van der Waals surface area contributed by atoms with Crippen molar-refractivity contribution in [2.24, 2.45) is 0 Å². The first-order valence-corrected chi connectivity index (χ1v) is 10.3. The molecule has 0 aromatic heterocycles. The van der Waals surface area contributed by atoms with Crippen LogP contribution in [0.5, 0.6) is 11.5 Å². The van der Waals surface area contributed by atoms with E-state index in [9.17, 15) is 5.11 Å². The molecule has 0 saturated carbocycles. The first-order valence-electron chi connectivity index (χ1n) is 9.94. The zero-order valence-corrected chi connectivity index (χ0v) is 16.5. The molecule has 0 aliphatic carbocycles. The average molecular weight is 400 g/mol. The summed E-state index contributed by atoms with van der Waals surface area (Å²) in [6, 6.07) is 13.6. The molecule has 5 nitrogen and oxygen atoms in total. The maximum absolute atomic E-state index is 11.9. The molecular formula is C22H24ClN2O3+. The van der Waals surface area contributed by atoms with Gasteiger partial charge in [0.1, 0.15) is 18.9 Å². The summed E-state index contributed by atoms with van der Waals surface area (Å²) in [5.41, 5.74) is 0.794. The van der Waals surface area contributed by atoms with Crippen molar-refractivity contribution in [3.05, 3.63) is 53.1 Å². The molecule has 2 aromatic rings. The van der Waals surface area contributed by atoms with Crippen molar-refractivity contribution in [1.29, 1.82) is 0 Å². The van der Waals surface area contributed by atoms with Gasteiger partial charge in [0.05, 0.1) is 6.54 Å². The van der Waals surface area contributed by atoms with Gasteiger partial charge in [-0.1, -0.05) is 11.6 Å². The lowest BCUT2D eigenvalue weighted by Crippen LogP contribution is -2.41. The van der Waals surface area contributed by atoms with E-state index in [0.29, 0.717) is 30.5 Å². The number of ether oxygens (including phenoxy) is 2. The van der Waals surface area contributed by atoms with Crippen LogP contribution in [-0.4, -0.2) is 41.8 Å². The standard InChI is InChI=1S/C22H24ClN2O3/c23-17-6-8-18(9-7-17)24-15-22(26,25-11-3-1-2-4-21(24)25)16-5-10-19-20(14-16)28-13-12-27-19/h5-10,14,26H,1-4,11-13,15H2/q+1/t22-/m0/s1. The monoisotopic (exact) mass is 399 g/mol. The van der Waals surface area contributed by atoms with Crippen LogP contribution < -0.4 is 14.4 Å². The number of nitrogens with zero attached hydrogens (tertiary/aromatic N) is 2. The molecule has 0 spiro atoms. The summed E-state index contributed by atoms with van der Waals surface area (Å²) >= 11 is 6.09. The maximum Gasteiger partial charge on any atom is 0.271 e. The Kier molecular flexibility index (Phi) is 4.44. The first-order chi connectivity index (χ1) is 13.6. The number of hydrogen-bond acceptors (Lipinski definition) is 4. The molecule has 3 aliphatic heterocycles. The fourth-order valence-corrected chi connectivity index (χ4v) is 4.60. The van der Waals surface area contributed by atoms with Crippen LogP contribution >= 0.6 is 11.6 Å². The lowest BCUT2D eigenvalue weighted by molar-refractivity contribution is -0.658. The summed E-state index contributed by atoms with van der Waals surface area (Å²) in [4.78, 5) is 2.23. The summed E-state index contributed by atoms with van der Waals surface area (Å²) in [7, 11) is 0. The number of anilines is 1. The molecule has 1 atom stereocenters. The van der Waals surface area contributed by atoms with Crippen molar-refractivity contribution < 1.29 is 19.2 Å². The van der Waals surface area contributed by atoms with Gasteiger partial charge in [-0.05, 0) is 61.7 Å². The Morgan fingerprint density at radius 2 is 1.75 bits per heavy atom. The predicted molar refractivity (Wildman–Crippen MR) is 109 cm³/mol. The molecule has 0 bridgehead atoms. The molecule has 0 fully saturated rings. The van der Waals surface area contributed by atoms with Gasteiger partial charge in [-0.3, -0.25) is 0 Å². The summed E-state index contributed by atoms with van der Waals surface area (Å²) < 4.78 is 13.6. The third-order valence-corrected chi connectivity index (χ3v) is 6.13. The zero-order chi connectivity index (χ0) is 19.1. The number of halogens is 1. The number of benzene rings is 2. The van der Waals surface area contributed by atoms with Crippen molar-refractivity contribution in [3.63, 3.8) is 0 Å². The van der Waals surface area contributed by atoms with E-state index in [1.807, 2.05) is 42.5 Å². The quantitative estimate of drug-likeness (QED) is 0.781. The van der Waals surface area contributed by atoms with Crippen LogP contribution in [0.25, 0.3) is 0 Å². The number of amidine groups is 1. The van der Waals surface area contributed by atoms with E-state index in [1.54, 1.807) is 0 Å². The predicted octanol–water partition coefficient (Wildman–Crippen LogP) is 3.76. The Bertz CT molecular complexity index is 928. The largest absolute Gasteiger partial charge is 0.486 e. The van der Waals surface area contributed by atoms with Crippen LogP contribution in [0.1, 0.15) is 31.2 Å². The minimum atomic E-state index is -1.10. The molecule has 5 rings (SSSR count). The molecule has 2 aromatic carbocycles. The molecular weight excluding hydrogens is 376 g/mol. The summed E-state index contributed by atoms with van der Waals surface area (Å²) in [5, 5.41) is 12.6. The lowest BCUT2D eigenvalue weighted by atomic mass is 10.0. The normalized spacial score (nSPS) is 24.1. The second-order valence-corrected chi connectivity index (χ2v) is 8.05. The topological polar surface area (TPSA) is 44.9 Å². The fourth-order valence-electron chi connectivity index (χ4n) is 4.47. The smallest absolute Gasteiger partial charge is 0.271 e. The third-order valence-electron chi connectivity index (χ3n) is 5.87. The van der Waals surface area contributed by atoms with Gasteiger partial charge in [0, 0.05) is 17.0 Å². The second kappa shape index (κ2) is 6.98. The average Bonchev–Trinajstić information content (AvgIpc) is 2.87. The molecule has 146 valence electrons. The van der Waals surface area contributed by atoms with Crippen LogP contribution in [0.3, 0.4) is 0 Å². The van der Waals surface area contributed by atoms with Gasteiger partial charge >= 0.3 is 0 Å². The Balaban J connectivity index is 1.58. The highest BCUT2D eigenvalue weighted by molar-refractivity contribution is 6.30. The minimum Gasteiger partial charge on any atom is -0.486 e. The van der Waals surface area contributed by atoms with Crippen molar-refractivity contribution in [3.8, 4) is 11.5 Å². The van der Waals surface area contributed by atoms with Crippen LogP contribution in [-0.2, 0) is 5.72 Å². The summed E-state index contributed by atoms with van der Waals surface area (Å²) in [5.74, 6) is 2.63. The summed E-state index contributed by atoms with van der Waals surface area (Å²) in [6.07, 6.45) is 4.33. The van der Waals surface area contributed by atoms with Gasteiger partial charge < -0.3 is 14.6 Å². The molecule has 0 saturated heterocycles. The molecule has 1 N–H and O–H groups in total. The van der Waals surface area contributed by atoms with Gasteiger partial charge in [0.25, 0.3) is 11.6 Å². The van der Waals surface area contributed by atoms with E-state index in [0.717, 1.165) is 42.8 Å². The van der Waals surface area contributed by atoms with E-state index < -0.39 is 5.72 Å². The minimum absolute atomic E-state index is 0.476. The second-order valence-electron chi connectivity index (χ2n) is 7.62. The van der Waals surface area contributed by atoms with Gasteiger partial charge in [-0.2, -0.15) is 0 Å². The third kappa shape index (κ3) is 2.93. The highest BCUT2D eigenvalue weighted by Gasteiger charge is 2.52. The SMILES string of the molecule is O[C@]1(c2ccc3c(c2)OCCO3)CN(c2ccc(Cl)cc2)C2=[N+]1CCCCC2. The van der Waals surface area contributed by atoms with Crippen LogP contribution in [0, 0.1) is 0 Å². The Hall–Kier alpha value is -2.24. The molecule has 3 aliphatic rings. The lowest BCUT2D eigenvalue weighted by Gasteiger charge is -2.26. The van der Waals surface area contributed by atoms with Crippen LogP contribution in [0.15, 0.2) is 42.5 Å². The fraction of sp³-hybridized carbons (Fsp3) is 0.409. The van der Waals surface area contributed by atoms with E-state index in [1.165, 1.54) is 12.3 Å². The highest BCUT2D eigenvalue weighted by atomic mass is 35.5. The first kappa shape index (κ1) is 17.8. The zero-order valence-electron chi connectivity index (χ0n) is 15.7. The number of fused-ring (bicyclic) bond motifs is 1. The van der Waals surface area contributed by atoms with Crippen LogP contribution in [0.2, 0.25) is 5.02 Å². The molecule has 6 heteroatoms. The van der Waals surface area contributed by atoms with Gasteiger partial charge in [-0.25, -0.2) is 9.48 Å². The summed E-state index contributed by atoms with van der Waals surface area (Å²) in [6.45, 7) is 2.41. The van der Waals surface area contributed by atoms with Crippen molar-refractivity contribution in [2.45, 2.75) is 31.4 Å². The van der Waals surface area contributed by atoms with Gasteiger partial charge in [-0.15, -0.1) is 0 Å².